The Hall–Kier alpha value is -1.06. The molecule has 0 aliphatic heterocycles. The minimum absolute atomic E-state index is 0.188. The van der Waals surface area contributed by atoms with Gasteiger partial charge in [-0.15, -0.1) is 0 Å². The molecule has 0 atom stereocenters. The molecule has 100 valence electrons. The molecule has 1 N–H and O–H groups in total. The van der Waals surface area contributed by atoms with Crippen molar-refractivity contribution in [3.63, 3.8) is 0 Å². The van der Waals surface area contributed by atoms with Crippen LogP contribution < -0.4 is 5.32 Å². The number of carbonyl (C=O) groups excluding carboxylic acids is 1. The molecule has 0 fully saturated rings. The normalized spacial score (nSPS) is 10.4. The molecule has 0 bridgehead atoms. The van der Waals surface area contributed by atoms with Gasteiger partial charge in [0.05, 0.1) is 0 Å². The standard InChI is InChI=1S/C14H21ClN2O/c1-3-17(14(18)9-6-10-16-2)11-12-7-4-5-8-13(12)15/h4-5,7-8,16H,3,6,9-11H2,1-2H3. The first kappa shape index (κ1) is 15.0. The second-order valence-corrected chi connectivity index (χ2v) is 4.61. The molecule has 1 rings (SSSR count). The molecule has 0 aromatic heterocycles. The van der Waals surface area contributed by atoms with Gasteiger partial charge in [0.15, 0.2) is 0 Å². The topological polar surface area (TPSA) is 32.3 Å². The zero-order valence-corrected chi connectivity index (χ0v) is 11.8. The van der Waals surface area contributed by atoms with Crippen molar-refractivity contribution in [2.45, 2.75) is 26.3 Å². The summed E-state index contributed by atoms with van der Waals surface area (Å²) >= 11 is 6.11. The van der Waals surface area contributed by atoms with E-state index in [-0.39, 0.29) is 5.91 Å². The summed E-state index contributed by atoms with van der Waals surface area (Å²) in [5.74, 6) is 0.188. The number of hydrogen-bond donors (Lipinski definition) is 1. The van der Waals surface area contributed by atoms with Crippen molar-refractivity contribution in [1.29, 1.82) is 0 Å². The number of amides is 1. The van der Waals surface area contributed by atoms with Crippen molar-refractivity contribution in [3.8, 4) is 0 Å². The van der Waals surface area contributed by atoms with E-state index in [1.54, 1.807) is 0 Å². The van der Waals surface area contributed by atoms with Crippen LogP contribution in [0.25, 0.3) is 0 Å². The van der Waals surface area contributed by atoms with Crippen LogP contribution in [-0.2, 0) is 11.3 Å². The quantitative estimate of drug-likeness (QED) is 0.771. The van der Waals surface area contributed by atoms with Crippen molar-refractivity contribution in [2.24, 2.45) is 0 Å². The van der Waals surface area contributed by atoms with Crippen LogP contribution in [0.3, 0.4) is 0 Å². The van der Waals surface area contributed by atoms with E-state index in [1.165, 1.54) is 0 Å². The third-order valence-corrected chi connectivity index (χ3v) is 3.24. The third kappa shape index (κ3) is 4.67. The number of benzene rings is 1. The minimum Gasteiger partial charge on any atom is -0.339 e. The van der Waals surface area contributed by atoms with E-state index in [1.807, 2.05) is 43.1 Å². The highest BCUT2D eigenvalue weighted by Gasteiger charge is 2.12. The summed E-state index contributed by atoms with van der Waals surface area (Å²) in [6, 6.07) is 7.67. The van der Waals surface area contributed by atoms with Crippen molar-refractivity contribution < 1.29 is 4.79 Å². The number of nitrogens with one attached hydrogen (secondary N) is 1. The Kier molecular flexibility index (Phi) is 6.76. The van der Waals surface area contributed by atoms with E-state index < -0.39 is 0 Å². The molecule has 1 aromatic carbocycles. The van der Waals surface area contributed by atoms with Gasteiger partial charge < -0.3 is 10.2 Å². The molecule has 0 heterocycles. The summed E-state index contributed by atoms with van der Waals surface area (Å²) < 4.78 is 0. The van der Waals surface area contributed by atoms with Gasteiger partial charge in [-0.25, -0.2) is 0 Å². The molecule has 0 radical (unpaired) electrons. The van der Waals surface area contributed by atoms with Gasteiger partial charge >= 0.3 is 0 Å². The van der Waals surface area contributed by atoms with Gasteiger partial charge in [0, 0.05) is 24.5 Å². The lowest BCUT2D eigenvalue weighted by molar-refractivity contribution is -0.131. The SMILES string of the molecule is CCN(Cc1ccccc1Cl)C(=O)CCCNC. The van der Waals surface area contributed by atoms with Crippen LogP contribution in [0.4, 0.5) is 0 Å². The first-order valence-corrected chi connectivity index (χ1v) is 6.72. The largest absolute Gasteiger partial charge is 0.339 e. The van der Waals surface area contributed by atoms with Gasteiger partial charge in [0.2, 0.25) is 5.91 Å². The molecular formula is C14H21ClN2O. The first-order valence-electron chi connectivity index (χ1n) is 6.34. The Balaban J connectivity index is 2.56. The number of halogens is 1. The van der Waals surface area contributed by atoms with Crippen LogP contribution in [0.5, 0.6) is 0 Å². The van der Waals surface area contributed by atoms with Crippen LogP contribution in [0.15, 0.2) is 24.3 Å². The monoisotopic (exact) mass is 268 g/mol. The lowest BCUT2D eigenvalue weighted by atomic mass is 10.2. The molecule has 1 amide bonds. The summed E-state index contributed by atoms with van der Waals surface area (Å²) in [7, 11) is 1.89. The lowest BCUT2D eigenvalue weighted by Gasteiger charge is -2.21. The van der Waals surface area contributed by atoms with Crippen molar-refractivity contribution in [3.05, 3.63) is 34.9 Å². The van der Waals surface area contributed by atoms with E-state index in [0.717, 1.165) is 23.6 Å². The van der Waals surface area contributed by atoms with Crippen molar-refractivity contribution >= 4 is 17.5 Å². The number of hydrogen-bond acceptors (Lipinski definition) is 2. The van der Waals surface area contributed by atoms with E-state index >= 15 is 0 Å². The number of nitrogens with zero attached hydrogens (tertiary/aromatic N) is 1. The van der Waals surface area contributed by atoms with E-state index in [4.69, 9.17) is 11.6 Å². The fourth-order valence-corrected chi connectivity index (χ4v) is 1.98. The van der Waals surface area contributed by atoms with E-state index in [9.17, 15) is 4.79 Å². The highest BCUT2D eigenvalue weighted by atomic mass is 35.5. The summed E-state index contributed by atoms with van der Waals surface area (Å²) in [5, 5.41) is 3.77. The van der Waals surface area contributed by atoms with Gasteiger partial charge in [0.1, 0.15) is 0 Å². The van der Waals surface area contributed by atoms with Gasteiger partial charge in [-0.1, -0.05) is 29.8 Å². The second kappa shape index (κ2) is 8.11. The Morgan fingerprint density at radius 2 is 2.11 bits per heavy atom. The molecule has 0 spiro atoms. The van der Waals surface area contributed by atoms with Crippen LogP contribution in [-0.4, -0.2) is 30.9 Å². The van der Waals surface area contributed by atoms with Gasteiger partial charge in [-0.3, -0.25) is 4.79 Å². The summed E-state index contributed by atoms with van der Waals surface area (Å²) in [4.78, 5) is 13.9. The number of carbonyl (C=O) groups is 1. The van der Waals surface area contributed by atoms with E-state index in [0.29, 0.717) is 19.5 Å². The van der Waals surface area contributed by atoms with Crippen molar-refractivity contribution in [2.75, 3.05) is 20.1 Å². The Labute approximate surface area is 114 Å². The molecule has 0 saturated heterocycles. The van der Waals surface area contributed by atoms with E-state index in [2.05, 4.69) is 5.32 Å². The van der Waals surface area contributed by atoms with Crippen LogP contribution >= 0.6 is 11.6 Å². The maximum Gasteiger partial charge on any atom is 0.222 e. The molecule has 3 nitrogen and oxygen atoms in total. The molecule has 18 heavy (non-hydrogen) atoms. The molecule has 0 aliphatic carbocycles. The summed E-state index contributed by atoms with van der Waals surface area (Å²) in [6.07, 6.45) is 1.45. The molecule has 0 saturated carbocycles. The minimum atomic E-state index is 0.188. The zero-order valence-electron chi connectivity index (χ0n) is 11.1. The fourth-order valence-electron chi connectivity index (χ4n) is 1.78. The predicted molar refractivity (Wildman–Crippen MR) is 75.7 cm³/mol. The average molecular weight is 269 g/mol. The van der Waals surface area contributed by atoms with Gasteiger partial charge in [-0.05, 0) is 38.6 Å². The van der Waals surface area contributed by atoms with Crippen molar-refractivity contribution in [1.82, 2.24) is 10.2 Å². The van der Waals surface area contributed by atoms with Crippen LogP contribution in [0.1, 0.15) is 25.3 Å². The Morgan fingerprint density at radius 3 is 2.72 bits per heavy atom. The molecule has 4 heteroatoms. The van der Waals surface area contributed by atoms with Crippen LogP contribution in [0, 0.1) is 0 Å². The lowest BCUT2D eigenvalue weighted by Crippen LogP contribution is -2.30. The fraction of sp³-hybridized carbons (Fsp3) is 0.500. The predicted octanol–water partition coefficient (Wildman–Crippen LogP) is 2.69. The highest BCUT2D eigenvalue weighted by molar-refractivity contribution is 6.31. The summed E-state index contributed by atoms with van der Waals surface area (Å²) in [6.45, 7) is 4.17. The van der Waals surface area contributed by atoms with Gasteiger partial charge in [-0.2, -0.15) is 0 Å². The Morgan fingerprint density at radius 1 is 1.39 bits per heavy atom. The average Bonchev–Trinajstić information content (AvgIpc) is 2.38. The second-order valence-electron chi connectivity index (χ2n) is 4.21. The summed E-state index contributed by atoms with van der Waals surface area (Å²) in [5.41, 5.74) is 1.00. The van der Waals surface area contributed by atoms with Crippen LogP contribution in [0.2, 0.25) is 5.02 Å². The molecule has 0 unspecified atom stereocenters. The zero-order chi connectivity index (χ0) is 13.4. The Bertz CT molecular complexity index is 382. The molecule has 0 aliphatic rings. The number of rotatable bonds is 7. The third-order valence-electron chi connectivity index (χ3n) is 2.87. The molecule has 1 aromatic rings. The van der Waals surface area contributed by atoms with Gasteiger partial charge in [0.25, 0.3) is 0 Å². The smallest absolute Gasteiger partial charge is 0.222 e. The molecular weight excluding hydrogens is 248 g/mol. The highest BCUT2D eigenvalue weighted by Crippen LogP contribution is 2.17. The maximum atomic E-state index is 12.0. The first-order chi connectivity index (χ1) is 8.69. The maximum absolute atomic E-state index is 12.0.